The quantitative estimate of drug-likeness (QED) is 0.687. The van der Waals surface area contributed by atoms with Gasteiger partial charge in [-0.2, -0.15) is 0 Å². The molecule has 7 nitrogen and oxygen atoms in total. The van der Waals surface area contributed by atoms with E-state index in [0.29, 0.717) is 41.8 Å². The molecule has 0 saturated carbocycles. The predicted molar refractivity (Wildman–Crippen MR) is 92.9 cm³/mol. The molecule has 0 atom stereocenters. The molecule has 2 aromatic rings. The van der Waals surface area contributed by atoms with E-state index >= 15 is 0 Å². The van der Waals surface area contributed by atoms with Crippen molar-refractivity contribution in [3.05, 3.63) is 69.3 Å². The zero-order chi connectivity index (χ0) is 18.0. The fourth-order valence-electron chi connectivity index (χ4n) is 3.08. The van der Waals surface area contributed by atoms with E-state index in [-0.39, 0.29) is 17.5 Å². The van der Waals surface area contributed by atoms with E-state index in [4.69, 9.17) is 0 Å². The molecule has 0 saturated heterocycles. The minimum atomic E-state index is -0.418. The fourth-order valence-corrected chi connectivity index (χ4v) is 3.08. The van der Waals surface area contributed by atoms with Gasteiger partial charge in [0.1, 0.15) is 0 Å². The van der Waals surface area contributed by atoms with Gasteiger partial charge >= 0.3 is 0 Å². The predicted octanol–water partition coefficient (Wildman–Crippen LogP) is 2.55. The lowest BCUT2D eigenvalue weighted by molar-refractivity contribution is -0.385. The summed E-state index contributed by atoms with van der Waals surface area (Å²) in [5.41, 5.74) is 1.95. The van der Waals surface area contributed by atoms with Crippen molar-refractivity contribution < 1.29 is 14.5 Å². The molecular formula is C18H17N3O4. The average molecular weight is 339 g/mol. The number of hydrogen-bond acceptors (Lipinski definition) is 4. The molecule has 1 aliphatic rings. The van der Waals surface area contributed by atoms with Crippen molar-refractivity contribution in [2.75, 3.05) is 18.5 Å². The lowest BCUT2D eigenvalue weighted by Gasteiger charge is -2.29. The van der Waals surface area contributed by atoms with Crippen molar-refractivity contribution in [2.45, 2.75) is 12.8 Å². The van der Waals surface area contributed by atoms with E-state index in [1.807, 2.05) is 0 Å². The van der Waals surface area contributed by atoms with Crippen LogP contribution in [0.4, 0.5) is 11.4 Å². The van der Waals surface area contributed by atoms with Gasteiger partial charge in [0.2, 0.25) is 0 Å². The number of fused-ring (bicyclic) bond motifs is 1. The number of nitrogens with zero attached hydrogens (tertiary/aromatic N) is 2. The maximum atomic E-state index is 12.9. The summed E-state index contributed by atoms with van der Waals surface area (Å²) in [6.45, 7) is 0.483. The third kappa shape index (κ3) is 3.08. The number of carbonyl (C=O) groups is 2. The maximum absolute atomic E-state index is 12.9. The molecule has 128 valence electrons. The third-order valence-corrected chi connectivity index (χ3v) is 4.27. The number of nitro benzene ring substituents is 1. The van der Waals surface area contributed by atoms with Crippen LogP contribution in [0.2, 0.25) is 0 Å². The van der Waals surface area contributed by atoms with Crippen LogP contribution in [0.25, 0.3) is 0 Å². The van der Waals surface area contributed by atoms with Gasteiger partial charge in [0, 0.05) is 30.8 Å². The van der Waals surface area contributed by atoms with Crippen LogP contribution in [0.1, 0.15) is 32.7 Å². The van der Waals surface area contributed by atoms with E-state index in [1.165, 1.54) is 19.2 Å². The van der Waals surface area contributed by atoms with Gasteiger partial charge in [0.05, 0.1) is 16.2 Å². The number of nitrogens with one attached hydrogen (secondary N) is 1. The van der Waals surface area contributed by atoms with Crippen LogP contribution in [0.3, 0.4) is 0 Å². The highest BCUT2D eigenvalue weighted by atomic mass is 16.6. The summed E-state index contributed by atoms with van der Waals surface area (Å²) in [5, 5.41) is 13.8. The number of anilines is 1. The molecule has 0 bridgehead atoms. The summed E-state index contributed by atoms with van der Waals surface area (Å²) < 4.78 is 0. The summed E-state index contributed by atoms with van der Waals surface area (Å²) in [5.74, 6) is -0.545. The third-order valence-electron chi connectivity index (χ3n) is 4.27. The van der Waals surface area contributed by atoms with Crippen molar-refractivity contribution >= 4 is 23.2 Å². The van der Waals surface area contributed by atoms with Crippen molar-refractivity contribution in [1.82, 2.24) is 5.32 Å². The van der Waals surface area contributed by atoms with Crippen LogP contribution >= 0.6 is 0 Å². The molecule has 2 amide bonds. The van der Waals surface area contributed by atoms with Crippen molar-refractivity contribution in [3.63, 3.8) is 0 Å². The summed E-state index contributed by atoms with van der Waals surface area (Å²) in [6.07, 6.45) is 1.22. The second-order valence-corrected chi connectivity index (χ2v) is 5.75. The second-order valence-electron chi connectivity index (χ2n) is 5.75. The summed E-state index contributed by atoms with van der Waals surface area (Å²) in [4.78, 5) is 37.1. The topological polar surface area (TPSA) is 92.6 Å². The van der Waals surface area contributed by atoms with Crippen LogP contribution in [-0.4, -0.2) is 30.3 Å². The first-order valence-electron chi connectivity index (χ1n) is 7.93. The van der Waals surface area contributed by atoms with Crippen molar-refractivity contribution in [3.8, 4) is 0 Å². The molecular weight excluding hydrogens is 322 g/mol. The Morgan fingerprint density at radius 2 is 1.88 bits per heavy atom. The molecule has 0 aromatic heterocycles. The van der Waals surface area contributed by atoms with Gasteiger partial charge in [-0.1, -0.05) is 12.1 Å². The number of nitro groups is 1. The SMILES string of the molecule is CNC(=O)c1cccc(C(=O)N2CCCc3c2cccc3[N+](=O)[O-])c1. The van der Waals surface area contributed by atoms with E-state index in [2.05, 4.69) is 5.32 Å². The van der Waals surface area contributed by atoms with E-state index < -0.39 is 4.92 Å². The Kier molecular flexibility index (Phi) is 4.47. The van der Waals surface area contributed by atoms with Gasteiger partial charge in [-0.3, -0.25) is 19.7 Å². The van der Waals surface area contributed by atoms with Crippen LogP contribution in [0.15, 0.2) is 42.5 Å². The number of hydrogen-bond donors (Lipinski definition) is 1. The number of rotatable bonds is 3. The molecule has 3 rings (SSSR count). The first kappa shape index (κ1) is 16.6. The molecule has 2 aromatic carbocycles. The first-order chi connectivity index (χ1) is 12.0. The largest absolute Gasteiger partial charge is 0.355 e. The van der Waals surface area contributed by atoms with Crippen molar-refractivity contribution in [2.24, 2.45) is 0 Å². The maximum Gasteiger partial charge on any atom is 0.274 e. The zero-order valence-corrected chi connectivity index (χ0v) is 13.7. The van der Waals surface area contributed by atoms with Gasteiger partial charge in [-0.15, -0.1) is 0 Å². The Labute approximate surface area is 144 Å². The highest BCUT2D eigenvalue weighted by molar-refractivity contribution is 6.08. The van der Waals surface area contributed by atoms with Crippen LogP contribution in [0, 0.1) is 10.1 Å². The van der Waals surface area contributed by atoms with Gasteiger partial charge in [0.15, 0.2) is 0 Å². The van der Waals surface area contributed by atoms with Gasteiger partial charge in [-0.25, -0.2) is 0 Å². The van der Waals surface area contributed by atoms with E-state index in [0.717, 1.165) is 0 Å². The van der Waals surface area contributed by atoms with E-state index in [9.17, 15) is 19.7 Å². The molecule has 0 radical (unpaired) electrons. The molecule has 1 heterocycles. The summed E-state index contributed by atoms with van der Waals surface area (Å²) in [7, 11) is 1.52. The number of carbonyl (C=O) groups excluding carboxylic acids is 2. The number of benzene rings is 2. The first-order valence-corrected chi connectivity index (χ1v) is 7.93. The molecule has 25 heavy (non-hydrogen) atoms. The monoisotopic (exact) mass is 339 g/mol. The molecule has 7 heteroatoms. The van der Waals surface area contributed by atoms with Gasteiger partial charge in [-0.05, 0) is 37.1 Å². The highest BCUT2D eigenvalue weighted by Crippen LogP contribution is 2.34. The van der Waals surface area contributed by atoms with Crippen LogP contribution < -0.4 is 10.2 Å². The minimum Gasteiger partial charge on any atom is -0.355 e. The Balaban J connectivity index is 1.99. The normalized spacial score (nSPS) is 13.1. The van der Waals surface area contributed by atoms with E-state index in [1.54, 1.807) is 35.2 Å². The minimum absolute atomic E-state index is 0.0362. The molecule has 0 spiro atoms. The molecule has 1 aliphatic heterocycles. The molecule has 0 fully saturated rings. The van der Waals surface area contributed by atoms with Crippen LogP contribution in [0.5, 0.6) is 0 Å². The lowest BCUT2D eigenvalue weighted by Crippen LogP contribution is -2.35. The zero-order valence-electron chi connectivity index (χ0n) is 13.7. The Morgan fingerprint density at radius 1 is 1.16 bits per heavy atom. The highest BCUT2D eigenvalue weighted by Gasteiger charge is 2.28. The molecule has 1 N–H and O–H groups in total. The molecule has 0 aliphatic carbocycles. The second kappa shape index (κ2) is 6.72. The lowest BCUT2D eigenvalue weighted by atomic mass is 9.98. The number of amides is 2. The fraction of sp³-hybridized carbons (Fsp3) is 0.222. The molecule has 0 unspecified atom stereocenters. The van der Waals surface area contributed by atoms with Gasteiger partial charge < -0.3 is 10.2 Å². The Bertz CT molecular complexity index is 863. The summed E-state index contributed by atoms with van der Waals surface area (Å²) in [6, 6.07) is 11.2. The Morgan fingerprint density at radius 3 is 2.60 bits per heavy atom. The summed E-state index contributed by atoms with van der Waals surface area (Å²) >= 11 is 0. The van der Waals surface area contributed by atoms with Crippen LogP contribution in [-0.2, 0) is 6.42 Å². The standard InChI is InChI=1S/C18H17N3O4/c1-19-17(22)12-5-2-6-13(11-12)18(23)20-10-4-7-14-15(20)8-3-9-16(14)21(24)25/h2-3,5-6,8-9,11H,4,7,10H2,1H3,(H,19,22). The average Bonchev–Trinajstić information content (AvgIpc) is 2.65. The van der Waals surface area contributed by atoms with Crippen molar-refractivity contribution in [1.29, 1.82) is 0 Å². The van der Waals surface area contributed by atoms with Gasteiger partial charge in [0.25, 0.3) is 17.5 Å². The smallest absolute Gasteiger partial charge is 0.274 e. The Hall–Kier alpha value is -3.22.